The Morgan fingerprint density at radius 3 is 2.80 bits per heavy atom. The van der Waals surface area contributed by atoms with Crippen molar-refractivity contribution in [1.29, 1.82) is 0 Å². The van der Waals surface area contributed by atoms with Crippen LogP contribution in [0.5, 0.6) is 0 Å². The van der Waals surface area contributed by atoms with Crippen LogP contribution in [0.4, 0.5) is 0 Å². The molecule has 2 fully saturated rings. The molecule has 0 aromatic heterocycles. The summed E-state index contributed by atoms with van der Waals surface area (Å²) in [6.07, 6.45) is 4.61. The van der Waals surface area contributed by atoms with Crippen molar-refractivity contribution in [1.82, 2.24) is 10.2 Å². The molecule has 2 saturated heterocycles. The fourth-order valence-electron chi connectivity index (χ4n) is 3.58. The van der Waals surface area contributed by atoms with Gasteiger partial charge in [0.05, 0.1) is 19.3 Å². The van der Waals surface area contributed by atoms with Crippen LogP contribution in [0.1, 0.15) is 41.6 Å². The number of benzene rings is 1. The number of ether oxygens (including phenoxy) is 2. The van der Waals surface area contributed by atoms with Crippen LogP contribution in [0.25, 0.3) is 0 Å². The molecule has 3 rings (SSSR count). The molecule has 138 valence electrons. The molecular weight excluding hydrogens is 316 g/mol. The van der Waals surface area contributed by atoms with Crippen molar-refractivity contribution in [2.24, 2.45) is 0 Å². The molecule has 0 radical (unpaired) electrons. The number of carbonyl (C=O) groups is 1. The minimum atomic E-state index is 0.0523. The lowest BCUT2D eigenvalue weighted by molar-refractivity contribution is 0.00855. The summed E-state index contributed by atoms with van der Waals surface area (Å²) in [5.74, 6) is 0.0523. The maximum absolute atomic E-state index is 12.4. The number of carbonyl (C=O) groups excluding carboxylic acids is 1. The molecule has 0 spiro atoms. The summed E-state index contributed by atoms with van der Waals surface area (Å²) in [6, 6.07) is 8.03. The van der Waals surface area contributed by atoms with E-state index in [0.717, 1.165) is 76.3 Å². The molecule has 5 nitrogen and oxygen atoms in total. The Balaban J connectivity index is 1.31. The van der Waals surface area contributed by atoms with E-state index in [9.17, 15) is 4.79 Å². The molecule has 0 saturated carbocycles. The van der Waals surface area contributed by atoms with Gasteiger partial charge in [0.2, 0.25) is 0 Å². The highest BCUT2D eigenvalue weighted by Crippen LogP contribution is 2.14. The first-order valence-electron chi connectivity index (χ1n) is 9.50. The molecule has 1 amide bonds. The maximum atomic E-state index is 12.4. The maximum Gasteiger partial charge on any atom is 0.251 e. The highest BCUT2D eigenvalue weighted by atomic mass is 16.5. The lowest BCUT2D eigenvalue weighted by Gasteiger charge is -2.32. The summed E-state index contributed by atoms with van der Waals surface area (Å²) in [7, 11) is 0. The quantitative estimate of drug-likeness (QED) is 0.770. The van der Waals surface area contributed by atoms with Gasteiger partial charge in [-0.1, -0.05) is 18.2 Å². The van der Waals surface area contributed by atoms with E-state index in [4.69, 9.17) is 9.47 Å². The molecule has 2 aliphatic rings. The summed E-state index contributed by atoms with van der Waals surface area (Å²) in [6.45, 7) is 7.35. The van der Waals surface area contributed by atoms with Crippen molar-refractivity contribution in [3.8, 4) is 0 Å². The van der Waals surface area contributed by atoms with Gasteiger partial charge in [-0.15, -0.1) is 0 Å². The normalized spacial score (nSPS) is 22.2. The average Bonchev–Trinajstić information content (AvgIpc) is 3.14. The first-order valence-corrected chi connectivity index (χ1v) is 9.50. The number of hydrogen-bond donors (Lipinski definition) is 1. The van der Waals surface area contributed by atoms with E-state index in [0.29, 0.717) is 6.10 Å². The molecule has 1 N–H and O–H groups in total. The Hall–Kier alpha value is -1.43. The van der Waals surface area contributed by atoms with Crippen LogP contribution in [-0.2, 0) is 9.47 Å². The first-order chi connectivity index (χ1) is 12.2. The van der Waals surface area contributed by atoms with Crippen molar-refractivity contribution in [2.45, 2.75) is 44.8 Å². The fourth-order valence-corrected chi connectivity index (χ4v) is 3.58. The van der Waals surface area contributed by atoms with Gasteiger partial charge in [-0.3, -0.25) is 4.79 Å². The summed E-state index contributed by atoms with van der Waals surface area (Å²) >= 11 is 0. The second-order valence-corrected chi connectivity index (χ2v) is 7.11. The van der Waals surface area contributed by atoms with Crippen molar-refractivity contribution < 1.29 is 14.3 Å². The van der Waals surface area contributed by atoms with Gasteiger partial charge >= 0.3 is 0 Å². The van der Waals surface area contributed by atoms with Gasteiger partial charge in [-0.25, -0.2) is 0 Å². The smallest absolute Gasteiger partial charge is 0.251 e. The highest BCUT2D eigenvalue weighted by molar-refractivity contribution is 5.95. The third kappa shape index (κ3) is 5.53. The lowest BCUT2D eigenvalue weighted by Crippen LogP contribution is -2.45. The van der Waals surface area contributed by atoms with Gasteiger partial charge in [0.25, 0.3) is 5.91 Å². The Morgan fingerprint density at radius 1 is 1.28 bits per heavy atom. The number of nitrogens with zero attached hydrogens (tertiary/aromatic N) is 1. The van der Waals surface area contributed by atoms with E-state index in [1.165, 1.54) is 0 Å². The summed E-state index contributed by atoms with van der Waals surface area (Å²) in [5.41, 5.74) is 1.81. The van der Waals surface area contributed by atoms with E-state index in [2.05, 4.69) is 10.2 Å². The number of piperidine rings is 1. The van der Waals surface area contributed by atoms with Crippen LogP contribution >= 0.6 is 0 Å². The van der Waals surface area contributed by atoms with Crippen molar-refractivity contribution in [3.05, 3.63) is 35.4 Å². The Morgan fingerprint density at radius 2 is 2.08 bits per heavy atom. The molecule has 0 aliphatic carbocycles. The number of rotatable bonds is 7. The predicted octanol–water partition coefficient (Wildman–Crippen LogP) is 2.38. The van der Waals surface area contributed by atoms with Crippen molar-refractivity contribution in [2.75, 3.05) is 39.5 Å². The summed E-state index contributed by atoms with van der Waals surface area (Å²) < 4.78 is 11.3. The standard InChI is InChI=1S/C20H30N2O3/c1-16-5-2-3-7-19(16)20(23)21-17-8-10-22(11-9-17)12-14-24-15-18-6-4-13-25-18/h2-3,5,7,17-18H,4,6,8-15H2,1H3,(H,21,23)/t18-/m0/s1. The van der Waals surface area contributed by atoms with Crippen molar-refractivity contribution >= 4 is 5.91 Å². The number of aryl methyl sites for hydroxylation is 1. The number of nitrogens with one attached hydrogen (secondary N) is 1. The predicted molar refractivity (Wildman–Crippen MR) is 97.9 cm³/mol. The zero-order valence-corrected chi connectivity index (χ0v) is 15.2. The van der Waals surface area contributed by atoms with Crippen LogP contribution in [0.2, 0.25) is 0 Å². The monoisotopic (exact) mass is 346 g/mol. The van der Waals surface area contributed by atoms with E-state index in [1.54, 1.807) is 0 Å². The largest absolute Gasteiger partial charge is 0.377 e. The third-order valence-electron chi connectivity index (χ3n) is 5.19. The molecule has 1 aromatic rings. The molecule has 25 heavy (non-hydrogen) atoms. The SMILES string of the molecule is Cc1ccccc1C(=O)NC1CCN(CCOC[C@@H]2CCCO2)CC1. The van der Waals surface area contributed by atoms with Gasteiger partial charge in [0.15, 0.2) is 0 Å². The zero-order chi connectivity index (χ0) is 17.5. The van der Waals surface area contributed by atoms with E-state index < -0.39 is 0 Å². The molecule has 2 aliphatic heterocycles. The second kappa shape index (κ2) is 9.32. The van der Waals surface area contributed by atoms with E-state index in [-0.39, 0.29) is 11.9 Å². The van der Waals surface area contributed by atoms with Gasteiger partial charge in [0.1, 0.15) is 0 Å². The van der Waals surface area contributed by atoms with Gasteiger partial charge in [-0.05, 0) is 44.2 Å². The van der Waals surface area contributed by atoms with Crippen molar-refractivity contribution in [3.63, 3.8) is 0 Å². The second-order valence-electron chi connectivity index (χ2n) is 7.11. The van der Waals surface area contributed by atoms with Crippen LogP contribution in [0.15, 0.2) is 24.3 Å². The molecule has 2 heterocycles. The van der Waals surface area contributed by atoms with Crippen LogP contribution < -0.4 is 5.32 Å². The van der Waals surface area contributed by atoms with Gasteiger partial charge < -0.3 is 19.7 Å². The Labute approximate surface area is 150 Å². The van der Waals surface area contributed by atoms with E-state index in [1.807, 2.05) is 31.2 Å². The van der Waals surface area contributed by atoms with Gasteiger partial charge in [0, 0.05) is 37.8 Å². The first kappa shape index (κ1) is 18.4. The fraction of sp³-hybridized carbons (Fsp3) is 0.650. The highest BCUT2D eigenvalue weighted by Gasteiger charge is 2.21. The number of amides is 1. The molecule has 1 atom stereocenters. The summed E-state index contributed by atoms with van der Waals surface area (Å²) in [5, 5.41) is 3.19. The number of hydrogen-bond acceptors (Lipinski definition) is 4. The average molecular weight is 346 g/mol. The molecule has 0 unspecified atom stereocenters. The molecule has 1 aromatic carbocycles. The van der Waals surface area contributed by atoms with Crippen LogP contribution in [-0.4, -0.2) is 62.4 Å². The van der Waals surface area contributed by atoms with E-state index >= 15 is 0 Å². The van der Waals surface area contributed by atoms with Gasteiger partial charge in [-0.2, -0.15) is 0 Å². The minimum absolute atomic E-state index is 0.0523. The van der Waals surface area contributed by atoms with Crippen LogP contribution in [0, 0.1) is 6.92 Å². The Bertz CT molecular complexity index is 550. The third-order valence-corrected chi connectivity index (χ3v) is 5.19. The topological polar surface area (TPSA) is 50.8 Å². The Kier molecular flexibility index (Phi) is 6.84. The molecule has 0 bridgehead atoms. The minimum Gasteiger partial charge on any atom is -0.377 e. The zero-order valence-electron chi connectivity index (χ0n) is 15.2. The van der Waals surface area contributed by atoms with Crippen LogP contribution in [0.3, 0.4) is 0 Å². The molecule has 5 heteroatoms. The number of likely N-dealkylation sites (tertiary alicyclic amines) is 1. The lowest BCUT2D eigenvalue weighted by atomic mass is 10.0. The molecular formula is C20H30N2O3. The summed E-state index contributed by atoms with van der Waals surface area (Å²) in [4.78, 5) is 14.8.